The largest absolute Gasteiger partial charge is 0.384 e. The average molecular weight is 253 g/mol. The molecule has 0 aliphatic heterocycles. The molecule has 4 heteroatoms. The molecule has 0 spiro atoms. The third-order valence-electron chi connectivity index (χ3n) is 2.79. The van der Waals surface area contributed by atoms with Gasteiger partial charge < -0.3 is 15.1 Å². The van der Waals surface area contributed by atoms with Gasteiger partial charge in [0.2, 0.25) is 0 Å². The second kappa shape index (κ2) is 8.06. The first-order valence-corrected chi connectivity index (χ1v) is 6.40. The fraction of sp³-hybridized carbons (Fsp3) is 0.571. The van der Waals surface area contributed by atoms with Crippen LogP contribution in [-0.2, 0) is 0 Å². The van der Waals surface area contributed by atoms with Crippen molar-refractivity contribution in [3.8, 4) is 0 Å². The van der Waals surface area contributed by atoms with Gasteiger partial charge in [0.15, 0.2) is 0 Å². The molecule has 1 rings (SSSR count). The summed E-state index contributed by atoms with van der Waals surface area (Å²) in [6.07, 6.45) is 1.17. The zero-order valence-electron chi connectivity index (χ0n) is 11.6. The Hall–Kier alpha value is -1.13. The minimum atomic E-state index is -0.195. The van der Waals surface area contributed by atoms with E-state index in [-0.39, 0.29) is 5.82 Å². The molecule has 3 nitrogen and oxygen atoms in total. The summed E-state index contributed by atoms with van der Waals surface area (Å²) in [4.78, 5) is 4.48. The van der Waals surface area contributed by atoms with Crippen molar-refractivity contribution in [2.45, 2.75) is 6.42 Å². The first-order valence-electron chi connectivity index (χ1n) is 6.40. The Morgan fingerprint density at radius 3 is 2.56 bits per heavy atom. The van der Waals surface area contributed by atoms with Crippen LogP contribution in [0.15, 0.2) is 24.3 Å². The lowest BCUT2D eigenvalue weighted by Crippen LogP contribution is -2.28. The molecule has 0 aliphatic rings. The highest BCUT2D eigenvalue weighted by atomic mass is 19.1. The van der Waals surface area contributed by atoms with Crippen molar-refractivity contribution in [1.82, 2.24) is 9.80 Å². The summed E-state index contributed by atoms with van der Waals surface area (Å²) in [5, 5.41) is 3.22. The van der Waals surface area contributed by atoms with Crippen molar-refractivity contribution < 1.29 is 4.39 Å². The van der Waals surface area contributed by atoms with Gasteiger partial charge in [-0.05, 0) is 58.9 Å². The molecule has 0 unspecified atom stereocenters. The first-order chi connectivity index (χ1) is 8.58. The molecule has 0 fully saturated rings. The van der Waals surface area contributed by atoms with E-state index in [4.69, 9.17) is 0 Å². The minimum absolute atomic E-state index is 0.195. The predicted octanol–water partition coefficient (Wildman–Crippen LogP) is 2.12. The molecule has 1 aromatic carbocycles. The third-order valence-corrected chi connectivity index (χ3v) is 2.79. The molecule has 1 aromatic rings. The van der Waals surface area contributed by atoms with Crippen molar-refractivity contribution >= 4 is 5.69 Å². The molecule has 1 N–H and O–H groups in total. The first kappa shape index (κ1) is 14.9. The summed E-state index contributed by atoms with van der Waals surface area (Å²) in [6, 6.07) is 6.58. The maximum atomic E-state index is 12.9. The Bertz CT molecular complexity index is 342. The molecule has 0 saturated carbocycles. The molecule has 0 radical (unpaired) electrons. The lowest BCUT2D eigenvalue weighted by atomic mass is 10.3. The number of benzene rings is 1. The van der Waals surface area contributed by atoms with E-state index < -0.39 is 0 Å². The number of likely N-dealkylation sites (N-methyl/N-ethyl adjacent to an activating group) is 1. The second-order valence-corrected chi connectivity index (χ2v) is 4.90. The summed E-state index contributed by atoms with van der Waals surface area (Å²) < 4.78 is 12.9. The van der Waals surface area contributed by atoms with Crippen molar-refractivity contribution in [1.29, 1.82) is 0 Å². The van der Waals surface area contributed by atoms with Gasteiger partial charge >= 0.3 is 0 Å². The summed E-state index contributed by atoms with van der Waals surface area (Å²) >= 11 is 0. The molecular formula is C14H24FN3. The van der Waals surface area contributed by atoms with Crippen LogP contribution in [0.3, 0.4) is 0 Å². The van der Waals surface area contributed by atoms with Gasteiger partial charge in [0, 0.05) is 18.8 Å². The summed E-state index contributed by atoms with van der Waals surface area (Å²) in [6.45, 7) is 4.00. The van der Waals surface area contributed by atoms with E-state index in [2.05, 4.69) is 36.3 Å². The van der Waals surface area contributed by atoms with Crippen LogP contribution in [0, 0.1) is 5.82 Å². The fourth-order valence-electron chi connectivity index (χ4n) is 1.76. The zero-order chi connectivity index (χ0) is 13.4. The maximum absolute atomic E-state index is 12.9. The maximum Gasteiger partial charge on any atom is 0.125 e. The molecule has 0 aliphatic carbocycles. The summed E-state index contributed by atoms with van der Waals surface area (Å²) in [7, 11) is 6.29. The zero-order valence-corrected chi connectivity index (χ0v) is 11.6. The van der Waals surface area contributed by atoms with E-state index in [1.807, 2.05) is 6.07 Å². The van der Waals surface area contributed by atoms with Crippen molar-refractivity contribution in [2.24, 2.45) is 0 Å². The van der Waals surface area contributed by atoms with Crippen LogP contribution in [0.25, 0.3) is 0 Å². The molecule has 102 valence electrons. The number of hydrogen-bond acceptors (Lipinski definition) is 3. The van der Waals surface area contributed by atoms with Gasteiger partial charge in [-0.1, -0.05) is 6.07 Å². The highest BCUT2D eigenvalue weighted by molar-refractivity contribution is 5.42. The molecule has 0 saturated heterocycles. The molecule has 18 heavy (non-hydrogen) atoms. The van der Waals surface area contributed by atoms with Crippen molar-refractivity contribution in [2.75, 3.05) is 52.6 Å². The monoisotopic (exact) mass is 253 g/mol. The minimum Gasteiger partial charge on any atom is -0.384 e. The SMILES string of the molecule is CN(C)CCCN(C)CCNc1cccc(F)c1. The molecule has 0 aromatic heterocycles. The molecule has 0 atom stereocenters. The lowest BCUT2D eigenvalue weighted by Gasteiger charge is -2.18. The van der Waals surface area contributed by atoms with Crippen LogP contribution >= 0.6 is 0 Å². The van der Waals surface area contributed by atoms with Gasteiger partial charge in [0.1, 0.15) is 5.82 Å². The molecule has 0 heterocycles. The number of rotatable bonds is 8. The van der Waals surface area contributed by atoms with Gasteiger partial charge in [-0.15, -0.1) is 0 Å². The quantitative estimate of drug-likeness (QED) is 0.765. The van der Waals surface area contributed by atoms with E-state index in [1.54, 1.807) is 6.07 Å². The molecular weight excluding hydrogens is 229 g/mol. The molecule has 0 bridgehead atoms. The van der Waals surface area contributed by atoms with Gasteiger partial charge in [0.05, 0.1) is 0 Å². The number of hydrogen-bond donors (Lipinski definition) is 1. The Morgan fingerprint density at radius 2 is 1.89 bits per heavy atom. The Kier molecular flexibility index (Phi) is 6.68. The fourth-order valence-corrected chi connectivity index (χ4v) is 1.76. The Balaban J connectivity index is 2.13. The number of anilines is 1. The highest BCUT2D eigenvalue weighted by Crippen LogP contribution is 2.08. The highest BCUT2D eigenvalue weighted by Gasteiger charge is 1.99. The van der Waals surface area contributed by atoms with Crippen LogP contribution in [-0.4, -0.2) is 57.1 Å². The van der Waals surface area contributed by atoms with E-state index in [9.17, 15) is 4.39 Å². The van der Waals surface area contributed by atoms with Crippen molar-refractivity contribution in [3.05, 3.63) is 30.1 Å². The summed E-state index contributed by atoms with van der Waals surface area (Å²) in [5.74, 6) is -0.195. The van der Waals surface area contributed by atoms with Gasteiger partial charge in [-0.2, -0.15) is 0 Å². The predicted molar refractivity (Wildman–Crippen MR) is 75.6 cm³/mol. The van der Waals surface area contributed by atoms with Crippen LogP contribution in [0.4, 0.5) is 10.1 Å². The Morgan fingerprint density at radius 1 is 1.11 bits per heavy atom. The van der Waals surface area contributed by atoms with E-state index >= 15 is 0 Å². The Labute approximate surface area is 110 Å². The third kappa shape index (κ3) is 6.57. The average Bonchev–Trinajstić information content (AvgIpc) is 2.28. The number of nitrogens with one attached hydrogen (secondary N) is 1. The smallest absolute Gasteiger partial charge is 0.125 e. The molecule has 0 amide bonds. The topological polar surface area (TPSA) is 18.5 Å². The normalized spacial score (nSPS) is 11.2. The van der Waals surface area contributed by atoms with Crippen LogP contribution in [0.2, 0.25) is 0 Å². The number of halogens is 1. The lowest BCUT2D eigenvalue weighted by molar-refractivity contribution is 0.308. The van der Waals surface area contributed by atoms with Gasteiger partial charge in [-0.3, -0.25) is 0 Å². The standard InChI is InChI=1S/C14H24FN3/c1-17(2)9-5-10-18(3)11-8-16-14-7-4-6-13(15)12-14/h4,6-7,12,16H,5,8-11H2,1-3H3. The summed E-state index contributed by atoms with van der Waals surface area (Å²) in [5.41, 5.74) is 0.844. The van der Waals surface area contributed by atoms with Crippen molar-refractivity contribution in [3.63, 3.8) is 0 Å². The van der Waals surface area contributed by atoms with Gasteiger partial charge in [-0.25, -0.2) is 4.39 Å². The van der Waals surface area contributed by atoms with Crippen LogP contribution in [0.5, 0.6) is 0 Å². The van der Waals surface area contributed by atoms with E-state index in [1.165, 1.54) is 18.6 Å². The second-order valence-electron chi connectivity index (χ2n) is 4.90. The number of nitrogens with zero attached hydrogens (tertiary/aromatic N) is 2. The van der Waals surface area contributed by atoms with Gasteiger partial charge in [0.25, 0.3) is 0 Å². The van der Waals surface area contributed by atoms with Crippen LogP contribution < -0.4 is 5.32 Å². The van der Waals surface area contributed by atoms with E-state index in [0.29, 0.717) is 0 Å². The van der Waals surface area contributed by atoms with Crippen LogP contribution in [0.1, 0.15) is 6.42 Å². The van der Waals surface area contributed by atoms with E-state index in [0.717, 1.165) is 31.9 Å².